The smallest absolute Gasteiger partial charge is 0.313 e. The molecule has 1 aliphatic heterocycles. The highest BCUT2D eigenvalue weighted by Crippen LogP contribution is 2.49. The molecule has 0 radical (unpaired) electrons. The van der Waals surface area contributed by atoms with Gasteiger partial charge in [0.1, 0.15) is 0 Å². The van der Waals surface area contributed by atoms with Crippen LogP contribution in [0.3, 0.4) is 0 Å². The van der Waals surface area contributed by atoms with E-state index in [4.69, 9.17) is 4.74 Å². The molecule has 3 nitrogen and oxygen atoms in total. The molecule has 1 fully saturated rings. The number of rotatable bonds is 2. The molecular formula is C12H16F2O3. The molecule has 2 aliphatic rings. The summed E-state index contributed by atoms with van der Waals surface area (Å²) in [5.74, 6) is -3.71. The summed E-state index contributed by atoms with van der Waals surface area (Å²) in [6.07, 6.45) is 2.18. The number of aliphatic carboxylic acids is 1. The van der Waals surface area contributed by atoms with Gasteiger partial charge in [-0.2, -0.15) is 0 Å². The zero-order chi connectivity index (χ0) is 12.5. The Balaban J connectivity index is 2.22. The molecule has 1 aliphatic carbocycles. The molecule has 0 aromatic carbocycles. The van der Waals surface area contributed by atoms with Crippen molar-refractivity contribution in [1.29, 1.82) is 0 Å². The zero-order valence-corrected chi connectivity index (χ0v) is 9.55. The van der Waals surface area contributed by atoms with Crippen LogP contribution >= 0.6 is 0 Å². The van der Waals surface area contributed by atoms with Crippen molar-refractivity contribution < 1.29 is 23.4 Å². The number of hydrogen-bond acceptors (Lipinski definition) is 2. The average molecular weight is 246 g/mol. The minimum Gasteiger partial charge on any atom is -0.501 e. The quantitative estimate of drug-likeness (QED) is 0.814. The van der Waals surface area contributed by atoms with Crippen LogP contribution in [0.15, 0.2) is 11.8 Å². The Morgan fingerprint density at radius 2 is 1.94 bits per heavy atom. The van der Waals surface area contributed by atoms with Gasteiger partial charge in [0.15, 0.2) is 0 Å². The van der Waals surface area contributed by atoms with Crippen molar-refractivity contribution in [2.75, 3.05) is 6.61 Å². The normalized spacial score (nSPS) is 26.8. The Kier molecular flexibility index (Phi) is 3.10. The van der Waals surface area contributed by atoms with Gasteiger partial charge >= 0.3 is 5.97 Å². The highest BCUT2D eigenvalue weighted by Gasteiger charge is 2.50. The molecule has 0 bridgehead atoms. The number of halogens is 2. The minimum atomic E-state index is -2.71. The predicted octanol–water partition coefficient (Wildman–Crippen LogP) is 2.96. The molecule has 0 unspecified atom stereocenters. The molecule has 1 saturated carbocycles. The maximum absolute atomic E-state index is 13.1. The van der Waals surface area contributed by atoms with Crippen LogP contribution in [-0.2, 0) is 9.53 Å². The van der Waals surface area contributed by atoms with Crippen LogP contribution in [0.1, 0.15) is 38.5 Å². The minimum absolute atomic E-state index is 0.00449. The van der Waals surface area contributed by atoms with Gasteiger partial charge < -0.3 is 9.84 Å². The summed E-state index contributed by atoms with van der Waals surface area (Å²) in [5, 5.41) is 9.37. The molecular weight excluding hydrogens is 230 g/mol. The summed E-state index contributed by atoms with van der Waals surface area (Å²) in [6, 6.07) is 0. The van der Waals surface area contributed by atoms with Crippen LogP contribution in [0.5, 0.6) is 0 Å². The van der Waals surface area contributed by atoms with Crippen LogP contribution in [0.4, 0.5) is 8.78 Å². The summed E-state index contributed by atoms with van der Waals surface area (Å²) >= 11 is 0. The molecule has 2 rings (SSSR count). The molecule has 0 amide bonds. The largest absolute Gasteiger partial charge is 0.501 e. The lowest BCUT2D eigenvalue weighted by atomic mass is 9.67. The first kappa shape index (κ1) is 12.3. The van der Waals surface area contributed by atoms with E-state index in [-0.39, 0.29) is 25.7 Å². The molecule has 1 N–H and O–H groups in total. The first-order valence-corrected chi connectivity index (χ1v) is 5.89. The van der Waals surface area contributed by atoms with E-state index in [1.807, 2.05) is 0 Å². The van der Waals surface area contributed by atoms with Crippen molar-refractivity contribution in [2.45, 2.75) is 44.4 Å². The van der Waals surface area contributed by atoms with E-state index >= 15 is 0 Å². The van der Waals surface area contributed by atoms with Gasteiger partial charge in [-0.3, -0.25) is 4.79 Å². The second kappa shape index (κ2) is 4.27. The zero-order valence-electron chi connectivity index (χ0n) is 9.55. The number of ether oxygens (including phenoxy) is 1. The standard InChI is InChI=1S/C12H16F2O3/c13-12(14)5-3-11(4-6-12,10(15)16)9-2-1-7-17-8-9/h8H,1-7H2,(H,15,16). The van der Waals surface area contributed by atoms with Gasteiger partial charge in [-0.25, -0.2) is 8.78 Å². The molecule has 1 heterocycles. The van der Waals surface area contributed by atoms with Crippen molar-refractivity contribution in [1.82, 2.24) is 0 Å². The van der Waals surface area contributed by atoms with Crippen LogP contribution < -0.4 is 0 Å². The Bertz CT molecular complexity index is 340. The average Bonchev–Trinajstić information content (AvgIpc) is 2.30. The Morgan fingerprint density at radius 1 is 1.29 bits per heavy atom. The van der Waals surface area contributed by atoms with Crippen molar-refractivity contribution in [3.05, 3.63) is 11.8 Å². The van der Waals surface area contributed by atoms with E-state index in [2.05, 4.69) is 0 Å². The van der Waals surface area contributed by atoms with Gasteiger partial charge in [0, 0.05) is 12.8 Å². The number of carbonyl (C=O) groups is 1. The molecule has 0 saturated heterocycles. The van der Waals surface area contributed by atoms with Gasteiger partial charge in [0.25, 0.3) is 0 Å². The number of carboxylic acid groups (broad SMARTS) is 1. The van der Waals surface area contributed by atoms with Crippen LogP contribution in [0.2, 0.25) is 0 Å². The third kappa shape index (κ3) is 2.28. The maximum Gasteiger partial charge on any atom is 0.313 e. The summed E-state index contributed by atoms with van der Waals surface area (Å²) in [6.45, 7) is 0.579. The Labute approximate surface area is 98.5 Å². The number of carboxylic acids is 1. The van der Waals surface area contributed by atoms with E-state index in [1.54, 1.807) is 0 Å². The second-order valence-corrected chi connectivity index (χ2v) is 4.86. The third-order valence-corrected chi connectivity index (χ3v) is 3.79. The van der Waals surface area contributed by atoms with Crippen molar-refractivity contribution in [2.24, 2.45) is 5.41 Å². The van der Waals surface area contributed by atoms with E-state index in [0.29, 0.717) is 18.6 Å². The summed E-state index contributed by atoms with van der Waals surface area (Å²) < 4.78 is 31.4. The molecule has 0 atom stereocenters. The van der Waals surface area contributed by atoms with E-state index in [0.717, 1.165) is 6.42 Å². The third-order valence-electron chi connectivity index (χ3n) is 3.79. The van der Waals surface area contributed by atoms with Crippen molar-refractivity contribution in [3.63, 3.8) is 0 Å². The Morgan fingerprint density at radius 3 is 2.41 bits per heavy atom. The second-order valence-electron chi connectivity index (χ2n) is 4.86. The van der Waals surface area contributed by atoms with Gasteiger partial charge in [0.05, 0.1) is 18.3 Å². The van der Waals surface area contributed by atoms with Gasteiger partial charge in [-0.05, 0) is 31.3 Å². The molecule has 0 spiro atoms. The fourth-order valence-corrected chi connectivity index (χ4v) is 2.63. The van der Waals surface area contributed by atoms with E-state index in [9.17, 15) is 18.7 Å². The lowest BCUT2D eigenvalue weighted by Crippen LogP contribution is -2.41. The SMILES string of the molecule is O=C(O)C1(C2=COCCC2)CCC(F)(F)CC1. The highest BCUT2D eigenvalue weighted by atomic mass is 19.3. The molecule has 0 aromatic rings. The van der Waals surface area contributed by atoms with Crippen LogP contribution in [0, 0.1) is 5.41 Å². The van der Waals surface area contributed by atoms with Crippen LogP contribution in [-0.4, -0.2) is 23.6 Å². The predicted molar refractivity (Wildman–Crippen MR) is 56.8 cm³/mol. The first-order chi connectivity index (χ1) is 7.96. The number of hydrogen-bond donors (Lipinski definition) is 1. The fraction of sp³-hybridized carbons (Fsp3) is 0.750. The van der Waals surface area contributed by atoms with Crippen LogP contribution in [0.25, 0.3) is 0 Å². The molecule has 0 aromatic heterocycles. The van der Waals surface area contributed by atoms with E-state index in [1.165, 1.54) is 6.26 Å². The molecule has 96 valence electrons. The van der Waals surface area contributed by atoms with Gasteiger partial charge in [-0.15, -0.1) is 0 Å². The topological polar surface area (TPSA) is 46.5 Å². The molecule has 5 heteroatoms. The van der Waals surface area contributed by atoms with E-state index < -0.39 is 17.3 Å². The van der Waals surface area contributed by atoms with Crippen molar-refractivity contribution >= 4 is 5.97 Å². The number of alkyl halides is 2. The lowest BCUT2D eigenvalue weighted by Gasteiger charge is -2.39. The summed E-state index contributed by atoms with van der Waals surface area (Å²) in [5.41, 5.74) is -0.450. The monoisotopic (exact) mass is 246 g/mol. The van der Waals surface area contributed by atoms with Crippen molar-refractivity contribution in [3.8, 4) is 0 Å². The maximum atomic E-state index is 13.1. The van der Waals surface area contributed by atoms with Gasteiger partial charge in [-0.1, -0.05) is 0 Å². The van der Waals surface area contributed by atoms with Gasteiger partial charge in [0.2, 0.25) is 5.92 Å². The first-order valence-electron chi connectivity index (χ1n) is 5.89. The lowest BCUT2D eigenvalue weighted by molar-refractivity contribution is -0.153. The highest BCUT2D eigenvalue weighted by molar-refractivity contribution is 5.78. The molecule has 17 heavy (non-hydrogen) atoms. The Hall–Kier alpha value is -1.13. The summed E-state index contributed by atoms with van der Waals surface area (Å²) in [4.78, 5) is 11.4. The summed E-state index contributed by atoms with van der Waals surface area (Å²) in [7, 11) is 0. The fourth-order valence-electron chi connectivity index (χ4n) is 2.63.